The molecule has 3 rings (SSSR count). The zero-order chi connectivity index (χ0) is 10.8. The van der Waals surface area contributed by atoms with Crippen LogP contribution >= 0.6 is 11.3 Å². The lowest BCUT2D eigenvalue weighted by molar-refractivity contribution is 0.0669. The molecule has 88 valence electrons. The van der Waals surface area contributed by atoms with Crippen molar-refractivity contribution in [3.63, 3.8) is 0 Å². The molecule has 2 aliphatic rings. The molecule has 1 aliphatic heterocycles. The molecule has 1 aliphatic carbocycles. The lowest BCUT2D eigenvalue weighted by atomic mass is 9.99. The van der Waals surface area contributed by atoms with Crippen LogP contribution in [-0.4, -0.2) is 19.7 Å². The predicted molar refractivity (Wildman–Crippen MR) is 67.1 cm³/mol. The van der Waals surface area contributed by atoms with Crippen molar-refractivity contribution in [1.82, 2.24) is 5.32 Å². The molecule has 0 saturated carbocycles. The van der Waals surface area contributed by atoms with Crippen LogP contribution in [0.5, 0.6) is 0 Å². The summed E-state index contributed by atoms with van der Waals surface area (Å²) in [6, 6.07) is 2.41. The third-order valence-electron chi connectivity index (χ3n) is 3.51. The van der Waals surface area contributed by atoms with Crippen LogP contribution in [0.25, 0.3) is 0 Å². The van der Waals surface area contributed by atoms with Crippen molar-refractivity contribution in [3.8, 4) is 0 Å². The average molecular weight is 237 g/mol. The molecule has 1 aromatic heterocycles. The second-order valence-electron chi connectivity index (χ2n) is 4.70. The van der Waals surface area contributed by atoms with Gasteiger partial charge in [0.1, 0.15) is 0 Å². The van der Waals surface area contributed by atoms with Crippen molar-refractivity contribution in [2.24, 2.45) is 0 Å². The Kier molecular flexibility index (Phi) is 3.27. The summed E-state index contributed by atoms with van der Waals surface area (Å²) in [4.78, 5) is 3.10. The molecule has 1 N–H and O–H groups in total. The van der Waals surface area contributed by atoms with Crippen LogP contribution in [-0.2, 0) is 17.6 Å². The van der Waals surface area contributed by atoms with Gasteiger partial charge in [-0.15, -0.1) is 11.3 Å². The number of nitrogens with one attached hydrogen (secondary N) is 1. The molecule has 1 aromatic rings. The minimum atomic E-state index is 0.352. The molecule has 3 heteroatoms. The largest absolute Gasteiger partial charge is 0.371 e. The normalized spacial score (nSPS) is 26.1. The van der Waals surface area contributed by atoms with Gasteiger partial charge < -0.3 is 10.1 Å². The maximum atomic E-state index is 5.91. The molecule has 0 bridgehead atoms. The quantitative estimate of drug-likeness (QED) is 0.811. The Morgan fingerprint density at radius 3 is 3.12 bits per heavy atom. The van der Waals surface area contributed by atoms with Gasteiger partial charge in [-0.2, -0.15) is 0 Å². The summed E-state index contributed by atoms with van der Waals surface area (Å²) in [5.74, 6) is 0. The number of hydrogen-bond acceptors (Lipinski definition) is 3. The fourth-order valence-electron chi connectivity index (χ4n) is 2.61. The smallest absolute Gasteiger partial charge is 0.0929 e. The molecule has 16 heavy (non-hydrogen) atoms. The minimum Gasteiger partial charge on any atom is -0.371 e. The minimum absolute atomic E-state index is 0.352. The molecule has 1 saturated heterocycles. The number of ether oxygens (including phenoxy) is 1. The first-order chi connectivity index (χ1) is 7.93. The second kappa shape index (κ2) is 4.86. The van der Waals surface area contributed by atoms with Crippen molar-refractivity contribution in [1.29, 1.82) is 0 Å². The van der Waals surface area contributed by atoms with E-state index in [4.69, 9.17) is 4.74 Å². The van der Waals surface area contributed by atoms with E-state index >= 15 is 0 Å². The zero-order valence-corrected chi connectivity index (χ0v) is 10.4. The standard InChI is InChI=1S/C13H19NOS/c1-2-4-12-10(3-1)9-13(16-12)11-5-6-14-7-8-15-11/h9,11,14H,1-8H2. The summed E-state index contributed by atoms with van der Waals surface area (Å²) < 4.78 is 5.91. The van der Waals surface area contributed by atoms with Gasteiger partial charge in [0.05, 0.1) is 12.7 Å². The van der Waals surface area contributed by atoms with Gasteiger partial charge in [0.2, 0.25) is 0 Å². The van der Waals surface area contributed by atoms with Gasteiger partial charge in [-0.05, 0) is 50.3 Å². The summed E-state index contributed by atoms with van der Waals surface area (Å²) in [5.41, 5.74) is 1.60. The van der Waals surface area contributed by atoms with Crippen LogP contribution in [0.3, 0.4) is 0 Å². The summed E-state index contributed by atoms with van der Waals surface area (Å²) in [6.45, 7) is 2.95. The molecule has 2 heterocycles. The van der Waals surface area contributed by atoms with E-state index in [2.05, 4.69) is 11.4 Å². The molecular formula is C13H19NOS. The van der Waals surface area contributed by atoms with Gasteiger partial charge in [0.25, 0.3) is 0 Å². The van der Waals surface area contributed by atoms with Crippen molar-refractivity contribution in [3.05, 3.63) is 21.4 Å². The first-order valence-electron chi connectivity index (χ1n) is 6.37. The van der Waals surface area contributed by atoms with Crippen LogP contribution in [0.2, 0.25) is 0 Å². The number of fused-ring (bicyclic) bond motifs is 1. The van der Waals surface area contributed by atoms with Crippen LogP contribution in [0.1, 0.15) is 40.7 Å². The van der Waals surface area contributed by atoms with Gasteiger partial charge in [-0.1, -0.05) is 0 Å². The molecule has 0 radical (unpaired) electrons. The van der Waals surface area contributed by atoms with Gasteiger partial charge in [0, 0.05) is 16.3 Å². The summed E-state index contributed by atoms with van der Waals surface area (Å²) in [6.07, 6.45) is 6.81. The molecule has 2 nitrogen and oxygen atoms in total. The maximum Gasteiger partial charge on any atom is 0.0929 e. The highest BCUT2D eigenvalue weighted by Crippen LogP contribution is 2.35. The third kappa shape index (κ3) is 2.17. The van der Waals surface area contributed by atoms with Gasteiger partial charge in [-0.3, -0.25) is 0 Å². The topological polar surface area (TPSA) is 21.3 Å². The van der Waals surface area contributed by atoms with Crippen molar-refractivity contribution < 1.29 is 4.74 Å². The van der Waals surface area contributed by atoms with Crippen LogP contribution in [0, 0.1) is 0 Å². The van der Waals surface area contributed by atoms with E-state index in [1.54, 1.807) is 10.4 Å². The van der Waals surface area contributed by atoms with E-state index in [1.165, 1.54) is 30.6 Å². The predicted octanol–water partition coefficient (Wildman–Crippen LogP) is 2.68. The number of hydrogen-bond donors (Lipinski definition) is 1. The van der Waals surface area contributed by atoms with Gasteiger partial charge >= 0.3 is 0 Å². The van der Waals surface area contributed by atoms with Gasteiger partial charge in [-0.25, -0.2) is 0 Å². The Labute approximate surface area is 101 Å². The fraction of sp³-hybridized carbons (Fsp3) is 0.692. The molecule has 0 spiro atoms. The highest BCUT2D eigenvalue weighted by Gasteiger charge is 2.20. The SMILES string of the molecule is c1c(C2CCNCCO2)sc2c1CCCC2. The van der Waals surface area contributed by atoms with E-state index < -0.39 is 0 Å². The Morgan fingerprint density at radius 2 is 2.19 bits per heavy atom. The van der Waals surface area contributed by atoms with E-state index in [-0.39, 0.29) is 0 Å². The number of aryl methyl sites for hydroxylation is 2. The highest BCUT2D eigenvalue weighted by molar-refractivity contribution is 7.12. The molecule has 0 aromatic carbocycles. The Bertz CT molecular complexity index is 329. The summed E-state index contributed by atoms with van der Waals surface area (Å²) >= 11 is 2.00. The van der Waals surface area contributed by atoms with E-state index in [9.17, 15) is 0 Å². The molecule has 1 fully saturated rings. The highest BCUT2D eigenvalue weighted by atomic mass is 32.1. The van der Waals surface area contributed by atoms with E-state index in [1.807, 2.05) is 11.3 Å². The van der Waals surface area contributed by atoms with E-state index in [0.29, 0.717) is 6.10 Å². The maximum absolute atomic E-state index is 5.91. The Morgan fingerprint density at radius 1 is 1.25 bits per heavy atom. The molecule has 1 unspecified atom stereocenters. The molecule has 0 amide bonds. The van der Waals surface area contributed by atoms with Crippen LogP contribution in [0.4, 0.5) is 0 Å². The molecule has 1 atom stereocenters. The lowest BCUT2D eigenvalue weighted by Gasteiger charge is -2.11. The fourth-order valence-corrected chi connectivity index (χ4v) is 3.95. The summed E-state index contributed by atoms with van der Waals surface area (Å²) in [5, 5.41) is 3.39. The third-order valence-corrected chi connectivity index (χ3v) is 4.84. The first kappa shape index (κ1) is 10.8. The summed E-state index contributed by atoms with van der Waals surface area (Å²) in [7, 11) is 0. The van der Waals surface area contributed by atoms with Crippen LogP contribution < -0.4 is 5.32 Å². The first-order valence-corrected chi connectivity index (χ1v) is 7.19. The van der Waals surface area contributed by atoms with Crippen molar-refractivity contribution in [2.75, 3.05) is 19.7 Å². The Hall–Kier alpha value is -0.380. The van der Waals surface area contributed by atoms with Gasteiger partial charge in [0.15, 0.2) is 0 Å². The number of thiophene rings is 1. The monoisotopic (exact) mass is 237 g/mol. The second-order valence-corrected chi connectivity index (χ2v) is 5.87. The van der Waals surface area contributed by atoms with Crippen molar-refractivity contribution in [2.45, 2.75) is 38.2 Å². The van der Waals surface area contributed by atoms with E-state index in [0.717, 1.165) is 26.1 Å². The molecular weight excluding hydrogens is 218 g/mol. The average Bonchev–Trinajstić information content (AvgIpc) is 2.56. The zero-order valence-electron chi connectivity index (χ0n) is 9.63. The number of rotatable bonds is 1. The lowest BCUT2D eigenvalue weighted by Crippen LogP contribution is -2.16. The Balaban J connectivity index is 1.79. The van der Waals surface area contributed by atoms with Crippen LogP contribution in [0.15, 0.2) is 6.07 Å². The van der Waals surface area contributed by atoms with Crippen molar-refractivity contribution >= 4 is 11.3 Å².